The molecule has 1 amide bonds. The molecular formula is C22H22FN3O2. The van der Waals surface area contributed by atoms with Crippen LogP contribution in [0.1, 0.15) is 46.3 Å². The van der Waals surface area contributed by atoms with Crippen molar-refractivity contribution in [2.24, 2.45) is 0 Å². The molecule has 3 aromatic rings. The van der Waals surface area contributed by atoms with E-state index in [4.69, 9.17) is 4.52 Å². The highest BCUT2D eigenvalue weighted by atomic mass is 19.1. The molecule has 144 valence electrons. The van der Waals surface area contributed by atoms with E-state index in [-0.39, 0.29) is 17.6 Å². The fraction of sp³-hybridized carbons (Fsp3) is 0.318. The van der Waals surface area contributed by atoms with E-state index in [1.807, 2.05) is 26.1 Å². The molecule has 6 heteroatoms. The zero-order chi connectivity index (χ0) is 19.7. The van der Waals surface area contributed by atoms with Crippen molar-refractivity contribution in [3.05, 3.63) is 71.1 Å². The molecule has 0 spiro atoms. The number of aryl methyl sites for hydroxylation is 2. The molecule has 4 rings (SSSR count). The van der Waals surface area contributed by atoms with E-state index in [1.165, 1.54) is 12.1 Å². The van der Waals surface area contributed by atoms with Crippen LogP contribution in [0.3, 0.4) is 0 Å². The standard InChI is InChI=1S/C22H22FN3O2/c1-14-21(15(2)28-25-14)17-6-9-24-20(13-17)16-7-10-26(11-8-16)22(27)18-4-3-5-19(23)12-18/h3-6,9,12-13,16H,7-8,10-11H2,1-2H3. The van der Waals surface area contributed by atoms with Gasteiger partial charge in [0.2, 0.25) is 0 Å². The molecule has 28 heavy (non-hydrogen) atoms. The molecule has 1 aliphatic rings. The topological polar surface area (TPSA) is 59.2 Å². The lowest BCUT2D eigenvalue weighted by Gasteiger charge is -2.32. The summed E-state index contributed by atoms with van der Waals surface area (Å²) in [6, 6.07) is 9.94. The summed E-state index contributed by atoms with van der Waals surface area (Å²) in [7, 11) is 0. The molecule has 2 aromatic heterocycles. The molecule has 1 aliphatic heterocycles. The van der Waals surface area contributed by atoms with E-state index in [2.05, 4.69) is 16.2 Å². The van der Waals surface area contributed by atoms with E-state index in [0.29, 0.717) is 18.7 Å². The van der Waals surface area contributed by atoms with Crippen molar-refractivity contribution in [3.63, 3.8) is 0 Å². The van der Waals surface area contributed by atoms with Crippen molar-refractivity contribution < 1.29 is 13.7 Å². The van der Waals surface area contributed by atoms with Gasteiger partial charge < -0.3 is 9.42 Å². The van der Waals surface area contributed by atoms with Crippen molar-refractivity contribution in [1.29, 1.82) is 0 Å². The highest BCUT2D eigenvalue weighted by molar-refractivity contribution is 5.94. The minimum Gasteiger partial charge on any atom is -0.361 e. The molecule has 0 radical (unpaired) electrons. The van der Waals surface area contributed by atoms with Gasteiger partial charge in [0.25, 0.3) is 5.91 Å². The van der Waals surface area contributed by atoms with Gasteiger partial charge in [-0.3, -0.25) is 9.78 Å². The third-order valence-corrected chi connectivity index (χ3v) is 5.38. The van der Waals surface area contributed by atoms with Crippen LogP contribution in [0.4, 0.5) is 4.39 Å². The van der Waals surface area contributed by atoms with E-state index in [9.17, 15) is 9.18 Å². The van der Waals surface area contributed by atoms with Crippen LogP contribution in [0.25, 0.3) is 11.1 Å². The zero-order valence-corrected chi connectivity index (χ0v) is 16.0. The summed E-state index contributed by atoms with van der Waals surface area (Å²) in [6.45, 7) is 5.11. The molecule has 1 saturated heterocycles. The Morgan fingerprint density at radius 1 is 1.18 bits per heavy atom. The molecule has 5 nitrogen and oxygen atoms in total. The first-order valence-electron chi connectivity index (χ1n) is 9.47. The van der Waals surface area contributed by atoms with Crippen molar-refractivity contribution in [2.75, 3.05) is 13.1 Å². The smallest absolute Gasteiger partial charge is 0.253 e. The summed E-state index contributed by atoms with van der Waals surface area (Å²) < 4.78 is 18.7. The molecular weight excluding hydrogens is 357 g/mol. The van der Waals surface area contributed by atoms with Gasteiger partial charge in [0.1, 0.15) is 11.6 Å². The molecule has 0 saturated carbocycles. The van der Waals surface area contributed by atoms with Crippen LogP contribution in [0.15, 0.2) is 47.1 Å². The Balaban J connectivity index is 1.47. The largest absolute Gasteiger partial charge is 0.361 e. The predicted octanol–water partition coefficient (Wildman–Crippen LogP) is 4.51. The summed E-state index contributed by atoms with van der Waals surface area (Å²) >= 11 is 0. The van der Waals surface area contributed by atoms with Crippen LogP contribution in [-0.4, -0.2) is 34.0 Å². The highest BCUT2D eigenvalue weighted by Gasteiger charge is 2.26. The molecule has 1 fully saturated rings. The number of aromatic nitrogens is 2. The average Bonchev–Trinajstić information content (AvgIpc) is 3.06. The fourth-order valence-corrected chi connectivity index (χ4v) is 3.90. The minimum absolute atomic E-state index is 0.115. The molecule has 0 atom stereocenters. The maximum Gasteiger partial charge on any atom is 0.253 e. The number of nitrogens with zero attached hydrogens (tertiary/aromatic N) is 3. The van der Waals surface area contributed by atoms with Crippen LogP contribution in [-0.2, 0) is 0 Å². The Morgan fingerprint density at radius 2 is 1.96 bits per heavy atom. The lowest BCUT2D eigenvalue weighted by atomic mass is 9.91. The van der Waals surface area contributed by atoms with Crippen LogP contribution < -0.4 is 0 Å². The average molecular weight is 379 g/mol. The van der Waals surface area contributed by atoms with Crippen molar-refractivity contribution >= 4 is 5.91 Å². The van der Waals surface area contributed by atoms with Crippen molar-refractivity contribution in [1.82, 2.24) is 15.0 Å². The van der Waals surface area contributed by atoms with Gasteiger partial charge in [-0.25, -0.2) is 4.39 Å². The Morgan fingerprint density at radius 3 is 2.64 bits per heavy atom. The first-order chi connectivity index (χ1) is 13.5. The Kier molecular flexibility index (Phi) is 4.94. The van der Waals surface area contributed by atoms with Gasteiger partial charge in [-0.2, -0.15) is 0 Å². The van der Waals surface area contributed by atoms with Crippen LogP contribution in [0.2, 0.25) is 0 Å². The van der Waals surface area contributed by atoms with E-state index < -0.39 is 0 Å². The van der Waals surface area contributed by atoms with Gasteiger partial charge in [-0.15, -0.1) is 0 Å². The summed E-state index contributed by atoms with van der Waals surface area (Å²) in [4.78, 5) is 19.0. The van der Waals surface area contributed by atoms with Gasteiger partial charge in [-0.05, 0) is 62.6 Å². The summed E-state index contributed by atoms with van der Waals surface area (Å²) in [5.74, 6) is 0.582. The number of carbonyl (C=O) groups is 1. The number of benzene rings is 1. The number of hydrogen-bond acceptors (Lipinski definition) is 4. The van der Waals surface area contributed by atoms with Crippen LogP contribution >= 0.6 is 0 Å². The first-order valence-corrected chi connectivity index (χ1v) is 9.47. The molecule has 0 unspecified atom stereocenters. The highest BCUT2D eigenvalue weighted by Crippen LogP contribution is 2.32. The van der Waals surface area contributed by atoms with Gasteiger partial charge in [0, 0.05) is 42.0 Å². The van der Waals surface area contributed by atoms with E-state index in [1.54, 1.807) is 17.0 Å². The van der Waals surface area contributed by atoms with Crippen molar-refractivity contribution in [2.45, 2.75) is 32.6 Å². The fourth-order valence-electron chi connectivity index (χ4n) is 3.90. The van der Waals surface area contributed by atoms with Crippen LogP contribution in [0.5, 0.6) is 0 Å². The lowest BCUT2D eigenvalue weighted by Crippen LogP contribution is -2.38. The molecule has 0 aliphatic carbocycles. The number of likely N-dealkylation sites (tertiary alicyclic amines) is 1. The maximum atomic E-state index is 13.4. The number of rotatable bonds is 3. The Labute approximate surface area is 163 Å². The zero-order valence-electron chi connectivity index (χ0n) is 16.0. The number of piperidine rings is 1. The van der Waals surface area contributed by atoms with Crippen molar-refractivity contribution in [3.8, 4) is 11.1 Å². The lowest BCUT2D eigenvalue weighted by molar-refractivity contribution is 0.0711. The maximum absolute atomic E-state index is 13.4. The number of pyridine rings is 1. The van der Waals surface area contributed by atoms with Gasteiger partial charge in [0.05, 0.1) is 5.69 Å². The van der Waals surface area contributed by atoms with Gasteiger partial charge >= 0.3 is 0 Å². The normalized spacial score (nSPS) is 15.0. The van der Waals surface area contributed by atoms with Gasteiger partial charge in [-0.1, -0.05) is 11.2 Å². The minimum atomic E-state index is -0.388. The quantitative estimate of drug-likeness (QED) is 0.672. The predicted molar refractivity (Wildman–Crippen MR) is 103 cm³/mol. The Bertz CT molecular complexity index is 987. The van der Waals surface area contributed by atoms with Gasteiger partial charge in [0.15, 0.2) is 0 Å². The number of carbonyl (C=O) groups excluding carboxylic acids is 1. The first kappa shape index (κ1) is 18.3. The number of halogens is 1. The molecule has 1 aromatic carbocycles. The SMILES string of the molecule is Cc1noc(C)c1-c1ccnc(C2CCN(C(=O)c3cccc(F)c3)CC2)c1. The van der Waals surface area contributed by atoms with Crippen LogP contribution in [0, 0.1) is 19.7 Å². The summed E-state index contributed by atoms with van der Waals surface area (Å²) in [5, 5.41) is 4.03. The molecule has 0 bridgehead atoms. The van der Waals surface area contributed by atoms with E-state index in [0.717, 1.165) is 41.1 Å². The third-order valence-electron chi connectivity index (χ3n) is 5.38. The molecule has 3 heterocycles. The second kappa shape index (κ2) is 7.54. The third kappa shape index (κ3) is 3.54. The monoisotopic (exact) mass is 379 g/mol. The van der Waals surface area contributed by atoms with E-state index >= 15 is 0 Å². The molecule has 0 N–H and O–H groups in total. The number of hydrogen-bond donors (Lipinski definition) is 0. The number of amides is 1. The second-order valence-electron chi connectivity index (χ2n) is 7.25. The summed E-state index contributed by atoms with van der Waals surface area (Å²) in [6.07, 6.45) is 3.49. The summed E-state index contributed by atoms with van der Waals surface area (Å²) in [5.41, 5.74) is 4.36. The second-order valence-corrected chi connectivity index (χ2v) is 7.25. The Hall–Kier alpha value is -3.02.